The highest BCUT2D eigenvalue weighted by Gasteiger charge is 2.38. The first-order valence-electron chi connectivity index (χ1n) is 4.54. The fourth-order valence-corrected chi connectivity index (χ4v) is 2.96. The molecule has 0 amide bonds. The minimum Gasteiger partial charge on any atom is -0.480 e. The number of hydrogen-bond acceptors (Lipinski definition) is 3. The van der Waals surface area contributed by atoms with E-state index < -0.39 is 16.8 Å². The van der Waals surface area contributed by atoms with Crippen LogP contribution in [0.3, 0.4) is 0 Å². The van der Waals surface area contributed by atoms with E-state index in [9.17, 15) is 9.90 Å². The Kier molecular flexibility index (Phi) is 3.24. The van der Waals surface area contributed by atoms with E-state index in [1.54, 1.807) is 13.8 Å². The molecule has 2 N–H and O–H groups in total. The molecular formula is C9H16O3S. The first-order chi connectivity index (χ1) is 5.93. The molecule has 1 aliphatic rings. The van der Waals surface area contributed by atoms with E-state index in [1.165, 1.54) is 11.8 Å². The van der Waals surface area contributed by atoms with Crippen molar-refractivity contribution < 1.29 is 15.0 Å². The standard InChI is InChI=1S/C9H16O3S/c1-6(8(10)11)13-7-4-3-5-9(7,2)12/h6-7,12H,3-5H2,1-2H3,(H,10,11). The van der Waals surface area contributed by atoms with Crippen molar-refractivity contribution in [1.29, 1.82) is 0 Å². The van der Waals surface area contributed by atoms with Crippen molar-refractivity contribution in [3.8, 4) is 0 Å². The van der Waals surface area contributed by atoms with Gasteiger partial charge in [-0.05, 0) is 33.1 Å². The van der Waals surface area contributed by atoms with Crippen LogP contribution >= 0.6 is 11.8 Å². The first-order valence-corrected chi connectivity index (χ1v) is 5.48. The lowest BCUT2D eigenvalue weighted by Gasteiger charge is -2.26. The van der Waals surface area contributed by atoms with E-state index in [0.29, 0.717) is 0 Å². The van der Waals surface area contributed by atoms with Crippen LogP contribution in [0, 0.1) is 0 Å². The maximum absolute atomic E-state index is 10.6. The van der Waals surface area contributed by atoms with Gasteiger partial charge in [-0.3, -0.25) is 4.79 Å². The van der Waals surface area contributed by atoms with Gasteiger partial charge in [-0.2, -0.15) is 0 Å². The molecule has 0 aromatic heterocycles. The predicted molar refractivity (Wildman–Crippen MR) is 53.0 cm³/mol. The molecule has 13 heavy (non-hydrogen) atoms. The summed E-state index contributed by atoms with van der Waals surface area (Å²) in [7, 11) is 0. The fraction of sp³-hybridized carbons (Fsp3) is 0.889. The largest absolute Gasteiger partial charge is 0.480 e. The number of aliphatic hydroxyl groups is 1. The van der Waals surface area contributed by atoms with E-state index in [1.807, 2.05) is 0 Å². The second-order valence-corrected chi connectivity index (χ2v) is 5.40. The number of rotatable bonds is 3. The zero-order chi connectivity index (χ0) is 10.1. The summed E-state index contributed by atoms with van der Waals surface area (Å²) in [4.78, 5) is 10.6. The number of aliphatic carboxylic acids is 1. The Morgan fingerprint density at radius 3 is 2.69 bits per heavy atom. The molecular weight excluding hydrogens is 188 g/mol. The number of carboxylic acid groups (broad SMARTS) is 1. The molecule has 4 heteroatoms. The number of carbonyl (C=O) groups is 1. The predicted octanol–water partition coefficient (Wildman–Crippen LogP) is 1.50. The van der Waals surface area contributed by atoms with Crippen LogP contribution in [0.25, 0.3) is 0 Å². The summed E-state index contributed by atoms with van der Waals surface area (Å²) in [5.41, 5.74) is -0.672. The Morgan fingerprint density at radius 2 is 2.31 bits per heavy atom. The zero-order valence-corrected chi connectivity index (χ0v) is 8.80. The minimum atomic E-state index is -0.798. The quantitative estimate of drug-likeness (QED) is 0.731. The average molecular weight is 204 g/mol. The van der Waals surface area contributed by atoms with Crippen molar-refractivity contribution in [1.82, 2.24) is 0 Å². The summed E-state index contributed by atoms with van der Waals surface area (Å²) in [5, 5.41) is 18.2. The molecule has 0 radical (unpaired) electrons. The van der Waals surface area contributed by atoms with E-state index >= 15 is 0 Å². The van der Waals surface area contributed by atoms with Gasteiger partial charge in [0.05, 0.1) is 10.9 Å². The van der Waals surface area contributed by atoms with Gasteiger partial charge in [0.1, 0.15) is 0 Å². The lowest BCUT2D eigenvalue weighted by molar-refractivity contribution is -0.136. The van der Waals surface area contributed by atoms with Crippen molar-refractivity contribution in [2.24, 2.45) is 0 Å². The third kappa shape index (κ3) is 2.61. The lowest BCUT2D eigenvalue weighted by atomic mass is 10.1. The molecule has 1 fully saturated rings. The molecule has 0 aliphatic heterocycles. The maximum atomic E-state index is 10.6. The fourth-order valence-electron chi connectivity index (χ4n) is 1.64. The Balaban J connectivity index is 2.49. The van der Waals surface area contributed by atoms with Crippen LogP contribution in [0.5, 0.6) is 0 Å². The monoisotopic (exact) mass is 204 g/mol. The van der Waals surface area contributed by atoms with Gasteiger partial charge in [0.15, 0.2) is 0 Å². The third-order valence-corrected chi connectivity index (χ3v) is 4.24. The summed E-state index contributed by atoms with van der Waals surface area (Å²) in [5.74, 6) is -0.798. The molecule has 76 valence electrons. The summed E-state index contributed by atoms with van der Waals surface area (Å²) in [6.45, 7) is 3.47. The molecule has 1 saturated carbocycles. The second kappa shape index (κ2) is 3.88. The molecule has 0 aromatic rings. The summed E-state index contributed by atoms with van der Waals surface area (Å²) < 4.78 is 0. The normalized spacial score (nSPS) is 36.1. The van der Waals surface area contributed by atoms with Crippen molar-refractivity contribution in [3.05, 3.63) is 0 Å². The van der Waals surface area contributed by atoms with Crippen molar-refractivity contribution in [3.63, 3.8) is 0 Å². The lowest BCUT2D eigenvalue weighted by Crippen LogP contribution is -2.33. The maximum Gasteiger partial charge on any atom is 0.316 e. The van der Waals surface area contributed by atoms with Crippen LogP contribution < -0.4 is 0 Å². The van der Waals surface area contributed by atoms with E-state index in [2.05, 4.69) is 0 Å². The Hall–Kier alpha value is -0.220. The minimum absolute atomic E-state index is 0.0820. The Bertz CT molecular complexity index is 203. The Labute approximate surface area is 82.5 Å². The topological polar surface area (TPSA) is 57.5 Å². The summed E-state index contributed by atoms with van der Waals surface area (Å²) >= 11 is 1.37. The molecule has 0 spiro atoms. The van der Waals surface area contributed by atoms with Gasteiger partial charge in [-0.1, -0.05) is 0 Å². The summed E-state index contributed by atoms with van der Waals surface area (Å²) in [6.07, 6.45) is 2.71. The van der Waals surface area contributed by atoms with Gasteiger partial charge in [-0.25, -0.2) is 0 Å². The van der Waals surface area contributed by atoms with Crippen LogP contribution in [-0.4, -0.2) is 32.3 Å². The molecule has 0 heterocycles. The highest BCUT2D eigenvalue weighted by atomic mass is 32.2. The van der Waals surface area contributed by atoms with Crippen LogP contribution in [0.15, 0.2) is 0 Å². The van der Waals surface area contributed by atoms with Gasteiger partial charge in [0, 0.05) is 5.25 Å². The van der Waals surface area contributed by atoms with Gasteiger partial charge in [-0.15, -0.1) is 11.8 Å². The molecule has 3 atom stereocenters. The van der Waals surface area contributed by atoms with E-state index in [0.717, 1.165) is 19.3 Å². The molecule has 1 aliphatic carbocycles. The molecule has 3 unspecified atom stereocenters. The van der Waals surface area contributed by atoms with Crippen molar-refractivity contribution >= 4 is 17.7 Å². The zero-order valence-electron chi connectivity index (χ0n) is 7.99. The van der Waals surface area contributed by atoms with Gasteiger partial charge in [0.25, 0.3) is 0 Å². The summed E-state index contributed by atoms with van der Waals surface area (Å²) in [6, 6.07) is 0. The molecule has 0 bridgehead atoms. The third-order valence-electron chi connectivity index (χ3n) is 2.56. The number of hydrogen-bond donors (Lipinski definition) is 2. The molecule has 1 rings (SSSR count). The number of thioether (sulfide) groups is 1. The molecule has 3 nitrogen and oxygen atoms in total. The van der Waals surface area contributed by atoms with Crippen LogP contribution in [0.2, 0.25) is 0 Å². The van der Waals surface area contributed by atoms with Gasteiger partial charge in [0.2, 0.25) is 0 Å². The average Bonchev–Trinajstić information content (AvgIpc) is 2.30. The van der Waals surface area contributed by atoms with Gasteiger partial charge < -0.3 is 10.2 Å². The number of carboxylic acids is 1. The highest BCUT2D eigenvalue weighted by Crippen LogP contribution is 2.39. The second-order valence-electron chi connectivity index (χ2n) is 3.85. The molecule has 0 aromatic carbocycles. The van der Waals surface area contributed by atoms with E-state index in [-0.39, 0.29) is 5.25 Å². The Morgan fingerprint density at radius 1 is 1.69 bits per heavy atom. The van der Waals surface area contributed by atoms with Crippen molar-refractivity contribution in [2.45, 2.75) is 49.2 Å². The van der Waals surface area contributed by atoms with Crippen LogP contribution in [0.4, 0.5) is 0 Å². The van der Waals surface area contributed by atoms with Gasteiger partial charge >= 0.3 is 5.97 Å². The van der Waals surface area contributed by atoms with Crippen LogP contribution in [0.1, 0.15) is 33.1 Å². The smallest absolute Gasteiger partial charge is 0.316 e. The SMILES string of the molecule is CC(SC1CCCC1(C)O)C(=O)O. The first kappa shape index (κ1) is 10.9. The van der Waals surface area contributed by atoms with Crippen molar-refractivity contribution in [2.75, 3.05) is 0 Å². The highest BCUT2D eigenvalue weighted by molar-refractivity contribution is 8.01. The molecule has 0 saturated heterocycles. The van der Waals surface area contributed by atoms with E-state index in [4.69, 9.17) is 5.11 Å². The van der Waals surface area contributed by atoms with Crippen LogP contribution in [-0.2, 0) is 4.79 Å².